The van der Waals surface area contributed by atoms with Crippen molar-refractivity contribution in [2.75, 3.05) is 72.1 Å². The third-order valence-electron chi connectivity index (χ3n) is 6.19. The molecule has 2 aliphatic heterocycles. The van der Waals surface area contributed by atoms with E-state index < -0.39 is 0 Å². The van der Waals surface area contributed by atoms with E-state index in [0.717, 1.165) is 75.2 Å². The molecule has 2 heterocycles. The van der Waals surface area contributed by atoms with E-state index in [1.807, 2.05) is 0 Å². The Morgan fingerprint density at radius 1 is 0.933 bits per heavy atom. The van der Waals surface area contributed by atoms with E-state index in [1.165, 1.54) is 5.56 Å². The van der Waals surface area contributed by atoms with Crippen LogP contribution in [0.3, 0.4) is 0 Å². The van der Waals surface area contributed by atoms with Gasteiger partial charge < -0.3 is 24.0 Å². The van der Waals surface area contributed by atoms with Crippen molar-refractivity contribution >= 4 is 5.69 Å². The van der Waals surface area contributed by atoms with Crippen molar-refractivity contribution in [3.63, 3.8) is 0 Å². The molecule has 0 N–H and O–H groups in total. The molecule has 6 heteroatoms. The summed E-state index contributed by atoms with van der Waals surface area (Å²) in [6.07, 6.45) is 0. The average Bonchev–Trinajstić information content (AvgIpc) is 2.81. The monoisotopic (exact) mass is 411 g/mol. The third-order valence-corrected chi connectivity index (χ3v) is 6.19. The molecule has 2 fully saturated rings. The van der Waals surface area contributed by atoms with Crippen molar-refractivity contribution < 1.29 is 14.2 Å². The van der Waals surface area contributed by atoms with Crippen LogP contribution in [0.1, 0.15) is 17.2 Å². The zero-order chi connectivity index (χ0) is 20.9. The molecule has 0 bridgehead atoms. The summed E-state index contributed by atoms with van der Waals surface area (Å²) in [4.78, 5) is 7.28. The van der Waals surface area contributed by atoms with Crippen LogP contribution < -0.4 is 14.4 Å². The van der Waals surface area contributed by atoms with Crippen molar-refractivity contribution in [3.8, 4) is 11.5 Å². The van der Waals surface area contributed by atoms with Crippen LogP contribution in [0.15, 0.2) is 42.5 Å². The molecule has 1 atom stereocenters. The Labute approximate surface area is 179 Å². The molecule has 6 nitrogen and oxygen atoms in total. The van der Waals surface area contributed by atoms with E-state index in [9.17, 15) is 0 Å². The van der Waals surface area contributed by atoms with Gasteiger partial charge in [0.15, 0.2) is 0 Å². The molecule has 4 rings (SSSR count). The van der Waals surface area contributed by atoms with E-state index in [-0.39, 0.29) is 0 Å². The number of ether oxygens (including phenoxy) is 3. The summed E-state index contributed by atoms with van der Waals surface area (Å²) in [6, 6.07) is 15.5. The van der Waals surface area contributed by atoms with Crippen molar-refractivity contribution in [1.82, 2.24) is 9.80 Å². The Morgan fingerprint density at radius 2 is 1.67 bits per heavy atom. The van der Waals surface area contributed by atoms with Crippen LogP contribution in [0.5, 0.6) is 11.5 Å². The summed E-state index contributed by atoms with van der Waals surface area (Å²) < 4.78 is 17.1. The molecule has 0 aromatic heterocycles. The topological polar surface area (TPSA) is 37.4 Å². The number of anilines is 1. The van der Waals surface area contributed by atoms with Gasteiger partial charge in [-0.1, -0.05) is 30.3 Å². The van der Waals surface area contributed by atoms with Gasteiger partial charge in [0, 0.05) is 56.9 Å². The second-order valence-electron chi connectivity index (χ2n) is 8.09. The number of benzene rings is 2. The molecule has 2 aromatic carbocycles. The number of methoxy groups -OCH3 is 2. The highest BCUT2D eigenvalue weighted by Crippen LogP contribution is 2.38. The average molecular weight is 412 g/mol. The quantitative estimate of drug-likeness (QED) is 0.727. The largest absolute Gasteiger partial charge is 0.496 e. The Kier molecular flexibility index (Phi) is 6.77. The van der Waals surface area contributed by atoms with Crippen LogP contribution in [0.2, 0.25) is 0 Å². The molecule has 0 radical (unpaired) electrons. The number of hydrogen-bond donors (Lipinski definition) is 0. The number of piperazine rings is 1. The van der Waals surface area contributed by atoms with Gasteiger partial charge in [-0.15, -0.1) is 0 Å². The maximum atomic E-state index is 5.83. The van der Waals surface area contributed by atoms with Gasteiger partial charge in [-0.3, -0.25) is 4.90 Å². The smallest absolute Gasteiger partial charge is 0.142 e. The molecule has 2 aromatic rings. The lowest BCUT2D eigenvalue weighted by atomic mass is 10.0. The first kappa shape index (κ1) is 21.0. The minimum Gasteiger partial charge on any atom is -0.496 e. The van der Waals surface area contributed by atoms with Crippen LogP contribution >= 0.6 is 0 Å². The molecular weight excluding hydrogens is 378 g/mol. The highest BCUT2D eigenvalue weighted by atomic mass is 16.5. The molecule has 0 aliphatic carbocycles. The van der Waals surface area contributed by atoms with E-state index in [0.29, 0.717) is 6.04 Å². The molecule has 162 valence electrons. The Hall–Kier alpha value is -2.28. The minimum atomic E-state index is 0.361. The Bertz CT molecular complexity index is 824. The fourth-order valence-corrected chi connectivity index (χ4v) is 4.48. The lowest BCUT2D eigenvalue weighted by molar-refractivity contribution is 0.0826. The first-order chi connectivity index (χ1) is 14.7. The number of rotatable bonds is 6. The fourth-order valence-electron chi connectivity index (χ4n) is 4.48. The molecule has 2 saturated heterocycles. The van der Waals surface area contributed by atoms with Gasteiger partial charge in [-0.25, -0.2) is 0 Å². The van der Waals surface area contributed by atoms with Gasteiger partial charge in [-0.2, -0.15) is 0 Å². The molecular formula is C24H33N3O3. The summed E-state index contributed by atoms with van der Waals surface area (Å²) in [5, 5.41) is 0. The van der Waals surface area contributed by atoms with E-state index in [4.69, 9.17) is 14.2 Å². The van der Waals surface area contributed by atoms with Gasteiger partial charge in [-0.05, 0) is 18.7 Å². The van der Waals surface area contributed by atoms with Gasteiger partial charge in [0.1, 0.15) is 11.5 Å². The molecule has 0 saturated carbocycles. The number of morpholine rings is 1. The van der Waals surface area contributed by atoms with Crippen LogP contribution in [0.25, 0.3) is 0 Å². The highest BCUT2D eigenvalue weighted by molar-refractivity contribution is 5.64. The predicted molar refractivity (Wildman–Crippen MR) is 120 cm³/mol. The van der Waals surface area contributed by atoms with Crippen molar-refractivity contribution in [3.05, 3.63) is 53.6 Å². The second-order valence-corrected chi connectivity index (χ2v) is 8.09. The SMILES string of the molecule is COc1cc(N2CCOCC2)c(OC)cc1CN1CCN(C)C[C@@H]1c1ccccc1. The standard InChI is InChI=1S/C24H33N3O3/c1-25-9-10-27(22(18-25)19-7-5-4-6-8-19)17-20-15-24(29-3)21(16-23(20)28-2)26-11-13-30-14-12-26/h4-8,15-16,22H,9-14,17-18H2,1-3H3/t22-/m1/s1. The minimum absolute atomic E-state index is 0.361. The van der Waals surface area contributed by atoms with Crippen molar-refractivity contribution in [1.29, 1.82) is 0 Å². The number of nitrogens with zero attached hydrogens (tertiary/aromatic N) is 3. The lowest BCUT2D eigenvalue weighted by Crippen LogP contribution is -2.46. The van der Waals surface area contributed by atoms with E-state index >= 15 is 0 Å². The maximum Gasteiger partial charge on any atom is 0.142 e. The summed E-state index contributed by atoms with van der Waals surface area (Å²) >= 11 is 0. The second kappa shape index (κ2) is 9.69. The summed E-state index contributed by atoms with van der Waals surface area (Å²) in [6.45, 7) is 7.16. The molecule has 2 aliphatic rings. The third kappa shape index (κ3) is 4.56. The molecule has 0 amide bonds. The zero-order valence-corrected chi connectivity index (χ0v) is 18.3. The van der Waals surface area contributed by atoms with Crippen molar-refractivity contribution in [2.45, 2.75) is 12.6 Å². The Balaban J connectivity index is 1.62. The first-order valence-corrected chi connectivity index (χ1v) is 10.7. The summed E-state index contributed by atoms with van der Waals surface area (Å²) in [5.74, 6) is 1.82. The van der Waals surface area contributed by atoms with Gasteiger partial charge >= 0.3 is 0 Å². The number of likely N-dealkylation sites (N-methyl/N-ethyl adjacent to an activating group) is 1. The summed E-state index contributed by atoms with van der Waals surface area (Å²) in [7, 11) is 5.71. The fraction of sp³-hybridized carbons (Fsp3) is 0.500. The van der Waals surface area contributed by atoms with Crippen LogP contribution in [0, 0.1) is 0 Å². The zero-order valence-electron chi connectivity index (χ0n) is 18.3. The van der Waals surface area contributed by atoms with E-state index in [2.05, 4.69) is 64.2 Å². The Morgan fingerprint density at radius 3 is 2.37 bits per heavy atom. The van der Waals surface area contributed by atoms with Gasteiger partial charge in [0.05, 0.1) is 33.1 Å². The van der Waals surface area contributed by atoms with Crippen molar-refractivity contribution in [2.24, 2.45) is 0 Å². The molecule has 0 spiro atoms. The van der Waals surface area contributed by atoms with Crippen LogP contribution in [-0.2, 0) is 11.3 Å². The predicted octanol–water partition coefficient (Wildman–Crippen LogP) is 3.03. The summed E-state index contributed by atoms with van der Waals surface area (Å²) in [5.41, 5.74) is 3.61. The van der Waals surface area contributed by atoms with Gasteiger partial charge in [0.25, 0.3) is 0 Å². The number of hydrogen-bond acceptors (Lipinski definition) is 6. The van der Waals surface area contributed by atoms with Gasteiger partial charge in [0.2, 0.25) is 0 Å². The van der Waals surface area contributed by atoms with Crippen LogP contribution in [0.4, 0.5) is 5.69 Å². The van der Waals surface area contributed by atoms with E-state index in [1.54, 1.807) is 14.2 Å². The normalized spacial score (nSPS) is 20.9. The molecule has 30 heavy (non-hydrogen) atoms. The first-order valence-electron chi connectivity index (χ1n) is 10.7. The highest BCUT2D eigenvalue weighted by Gasteiger charge is 2.28. The molecule has 0 unspecified atom stereocenters. The van der Waals surface area contributed by atoms with Crippen LogP contribution in [-0.4, -0.2) is 77.0 Å². The maximum absolute atomic E-state index is 5.83. The lowest BCUT2D eigenvalue weighted by Gasteiger charge is -2.40.